The molecule has 0 fully saturated rings. The van der Waals surface area contributed by atoms with Gasteiger partial charge in [0, 0.05) is 37.6 Å². The van der Waals surface area contributed by atoms with Crippen LogP contribution in [0, 0.1) is 18.3 Å². The number of rotatable bonds is 1. The molecule has 0 atom stereocenters. The molecule has 0 spiro atoms. The topological polar surface area (TPSA) is 83.0 Å². The van der Waals surface area contributed by atoms with Gasteiger partial charge in [-0.15, -0.1) is 0 Å². The third-order valence-electron chi connectivity index (χ3n) is 4.28. The van der Waals surface area contributed by atoms with E-state index in [2.05, 4.69) is 11.1 Å². The normalized spacial score (nSPS) is 13.3. The fourth-order valence-corrected chi connectivity index (χ4v) is 3.00. The highest BCUT2D eigenvalue weighted by Crippen LogP contribution is 2.35. The number of nitriles is 1. The van der Waals surface area contributed by atoms with Crippen molar-refractivity contribution in [3.63, 3.8) is 0 Å². The smallest absolute Gasteiger partial charge is 0.219 e. The van der Waals surface area contributed by atoms with E-state index in [0.717, 1.165) is 27.9 Å². The fourth-order valence-electron chi connectivity index (χ4n) is 3.00. The standard InChI is InChI=1S/C18H18N4O/c1-11-3-5-13(6-4-11)17-14(9-19)18(20)21-16-7-8-22(12(2)23)10-15(16)17/h3-6H,7-8,10H2,1-2H3,(H2,20,21). The van der Waals surface area contributed by atoms with E-state index in [0.29, 0.717) is 25.1 Å². The summed E-state index contributed by atoms with van der Waals surface area (Å²) in [6, 6.07) is 10.2. The second kappa shape index (κ2) is 5.73. The Balaban J connectivity index is 2.24. The predicted octanol–water partition coefficient (Wildman–Crippen LogP) is 2.42. The fraction of sp³-hybridized carbons (Fsp3) is 0.278. The molecule has 0 aliphatic carbocycles. The van der Waals surface area contributed by atoms with Crippen LogP contribution >= 0.6 is 0 Å². The van der Waals surface area contributed by atoms with Gasteiger partial charge in [0.15, 0.2) is 0 Å². The zero-order chi connectivity index (χ0) is 16.6. The van der Waals surface area contributed by atoms with E-state index in [9.17, 15) is 10.1 Å². The number of amides is 1. The van der Waals surface area contributed by atoms with Crippen molar-refractivity contribution in [1.29, 1.82) is 5.26 Å². The Morgan fingerprint density at radius 1 is 1.35 bits per heavy atom. The summed E-state index contributed by atoms with van der Waals surface area (Å²) in [5.74, 6) is 0.291. The Bertz CT molecular complexity index is 818. The molecule has 1 amide bonds. The molecule has 1 aliphatic rings. The van der Waals surface area contributed by atoms with E-state index in [1.807, 2.05) is 31.2 Å². The molecule has 0 saturated carbocycles. The summed E-state index contributed by atoms with van der Waals surface area (Å²) in [5, 5.41) is 9.54. The van der Waals surface area contributed by atoms with Gasteiger partial charge < -0.3 is 10.6 Å². The van der Waals surface area contributed by atoms with Gasteiger partial charge in [-0.2, -0.15) is 5.26 Å². The third-order valence-corrected chi connectivity index (χ3v) is 4.28. The number of anilines is 1. The minimum absolute atomic E-state index is 0.0286. The first-order valence-corrected chi connectivity index (χ1v) is 7.55. The SMILES string of the molecule is CC(=O)N1CCc2nc(N)c(C#N)c(-c3ccc(C)cc3)c2C1. The van der Waals surface area contributed by atoms with Crippen molar-refractivity contribution in [2.24, 2.45) is 0 Å². The summed E-state index contributed by atoms with van der Waals surface area (Å²) in [6.45, 7) is 4.68. The molecular formula is C18H18N4O. The summed E-state index contributed by atoms with van der Waals surface area (Å²) in [7, 11) is 0. The lowest BCUT2D eigenvalue weighted by Crippen LogP contribution is -2.35. The molecule has 0 saturated heterocycles. The van der Waals surface area contributed by atoms with E-state index < -0.39 is 0 Å². The first-order chi connectivity index (χ1) is 11.0. The number of aryl methyl sites for hydroxylation is 1. The first-order valence-electron chi connectivity index (χ1n) is 7.55. The highest BCUT2D eigenvalue weighted by Gasteiger charge is 2.26. The number of carbonyl (C=O) groups excluding carboxylic acids is 1. The molecule has 116 valence electrons. The van der Waals surface area contributed by atoms with Crippen LogP contribution in [0.5, 0.6) is 0 Å². The molecule has 1 aromatic heterocycles. The van der Waals surface area contributed by atoms with Gasteiger partial charge in [-0.3, -0.25) is 4.79 Å². The highest BCUT2D eigenvalue weighted by atomic mass is 16.2. The van der Waals surface area contributed by atoms with Gasteiger partial charge >= 0.3 is 0 Å². The van der Waals surface area contributed by atoms with Crippen LogP contribution in [0.1, 0.15) is 29.3 Å². The van der Waals surface area contributed by atoms with Crippen LogP contribution in [-0.4, -0.2) is 22.3 Å². The molecule has 5 heteroatoms. The number of pyridine rings is 1. The van der Waals surface area contributed by atoms with Crippen LogP contribution in [0.25, 0.3) is 11.1 Å². The van der Waals surface area contributed by atoms with E-state index >= 15 is 0 Å². The summed E-state index contributed by atoms with van der Waals surface area (Å²) >= 11 is 0. The van der Waals surface area contributed by atoms with Crippen LogP contribution in [0.15, 0.2) is 24.3 Å². The Labute approximate surface area is 135 Å². The largest absolute Gasteiger partial charge is 0.383 e. The zero-order valence-corrected chi connectivity index (χ0v) is 13.3. The molecule has 5 nitrogen and oxygen atoms in total. The van der Waals surface area contributed by atoms with Gasteiger partial charge in [-0.25, -0.2) is 4.98 Å². The van der Waals surface area contributed by atoms with Gasteiger partial charge in [0.05, 0.1) is 5.69 Å². The first kappa shape index (κ1) is 15.0. The quantitative estimate of drug-likeness (QED) is 0.877. The molecule has 3 rings (SSSR count). The molecule has 1 aromatic carbocycles. The Kier molecular flexibility index (Phi) is 3.75. The lowest BCUT2D eigenvalue weighted by molar-refractivity contribution is -0.129. The van der Waals surface area contributed by atoms with E-state index in [4.69, 9.17) is 5.73 Å². The highest BCUT2D eigenvalue weighted by molar-refractivity contribution is 5.81. The number of aromatic nitrogens is 1. The zero-order valence-electron chi connectivity index (χ0n) is 13.3. The van der Waals surface area contributed by atoms with E-state index in [1.54, 1.807) is 11.8 Å². The molecular weight excluding hydrogens is 288 g/mol. The molecule has 2 N–H and O–H groups in total. The molecule has 0 bridgehead atoms. The van der Waals surface area contributed by atoms with Crippen LogP contribution < -0.4 is 5.73 Å². The maximum atomic E-state index is 11.7. The average molecular weight is 306 g/mol. The van der Waals surface area contributed by atoms with E-state index in [1.165, 1.54) is 0 Å². The summed E-state index contributed by atoms with van der Waals surface area (Å²) in [6.07, 6.45) is 0.656. The van der Waals surface area contributed by atoms with Crippen molar-refractivity contribution in [3.8, 4) is 17.2 Å². The second-order valence-corrected chi connectivity index (χ2v) is 5.84. The number of nitrogens with zero attached hydrogens (tertiary/aromatic N) is 3. The lowest BCUT2D eigenvalue weighted by Gasteiger charge is -2.29. The average Bonchev–Trinajstić information content (AvgIpc) is 2.54. The van der Waals surface area contributed by atoms with Crippen LogP contribution in [0.2, 0.25) is 0 Å². The van der Waals surface area contributed by atoms with Crippen molar-refractivity contribution in [2.75, 3.05) is 12.3 Å². The number of benzene rings is 1. The monoisotopic (exact) mass is 306 g/mol. The predicted molar refractivity (Wildman–Crippen MR) is 88.3 cm³/mol. The van der Waals surface area contributed by atoms with Crippen LogP contribution in [-0.2, 0) is 17.8 Å². The lowest BCUT2D eigenvalue weighted by atomic mass is 9.90. The van der Waals surface area contributed by atoms with Gasteiger partial charge in [0.2, 0.25) is 5.91 Å². The number of nitrogens with two attached hydrogens (primary N) is 1. The van der Waals surface area contributed by atoms with Gasteiger partial charge in [0.1, 0.15) is 17.5 Å². The third kappa shape index (κ3) is 2.64. The Morgan fingerprint density at radius 2 is 2.04 bits per heavy atom. The number of hydrogen-bond donors (Lipinski definition) is 1. The minimum atomic E-state index is 0.0286. The number of nitrogen functional groups attached to an aromatic ring is 1. The van der Waals surface area contributed by atoms with Crippen molar-refractivity contribution < 1.29 is 4.79 Å². The number of carbonyl (C=O) groups is 1. The van der Waals surface area contributed by atoms with Gasteiger partial charge in [-0.1, -0.05) is 29.8 Å². The Hall–Kier alpha value is -2.87. The van der Waals surface area contributed by atoms with Crippen molar-refractivity contribution in [2.45, 2.75) is 26.8 Å². The number of fused-ring (bicyclic) bond motifs is 1. The molecule has 1 aliphatic heterocycles. The van der Waals surface area contributed by atoms with Crippen molar-refractivity contribution in [1.82, 2.24) is 9.88 Å². The second-order valence-electron chi connectivity index (χ2n) is 5.84. The summed E-state index contributed by atoms with van der Waals surface area (Å²) in [5.41, 5.74) is 11.1. The minimum Gasteiger partial charge on any atom is -0.383 e. The molecule has 2 heterocycles. The molecule has 23 heavy (non-hydrogen) atoms. The van der Waals surface area contributed by atoms with Crippen LogP contribution in [0.4, 0.5) is 5.82 Å². The molecule has 0 radical (unpaired) electrons. The maximum Gasteiger partial charge on any atom is 0.219 e. The summed E-state index contributed by atoms with van der Waals surface area (Å²) in [4.78, 5) is 17.9. The molecule has 2 aromatic rings. The van der Waals surface area contributed by atoms with Crippen molar-refractivity contribution in [3.05, 3.63) is 46.6 Å². The van der Waals surface area contributed by atoms with Crippen molar-refractivity contribution >= 4 is 11.7 Å². The molecule has 0 unspecified atom stereocenters. The maximum absolute atomic E-state index is 11.7. The Morgan fingerprint density at radius 3 is 2.65 bits per heavy atom. The van der Waals surface area contributed by atoms with Gasteiger partial charge in [0.25, 0.3) is 0 Å². The van der Waals surface area contributed by atoms with Gasteiger partial charge in [-0.05, 0) is 12.5 Å². The van der Waals surface area contributed by atoms with Crippen LogP contribution in [0.3, 0.4) is 0 Å². The summed E-state index contributed by atoms with van der Waals surface area (Å²) < 4.78 is 0. The van der Waals surface area contributed by atoms with E-state index in [-0.39, 0.29) is 11.7 Å². The number of hydrogen-bond acceptors (Lipinski definition) is 4.